The number of ether oxygens (including phenoxy) is 1. The van der Waals surface area contributed by atoms with E-state index < -0.39 is 0 Å². The fraction of sp³-hybridized carbons (Fsp3) is 0.429. The van der Waals surface area contributed by atoms with Gasteiger partial charge in [-0.15, -0.1) is 11.3 Å². The Labute approximate surface area is 168 Å². The number of halogens is 1. The molecule has 3 rings (SSSR count). The van der Waals surface area contributed by atoms with Gasteiger partial charge in [0.15, 0.2) is 0 Å². The van der Waals surface area contributed by atoms with Gasteiger partial charge in [-0.25, -0.2) is 4.79 Å². The molecule has 4 nitrogen and oxygen atoms in total. The van der Waals surface area contributed by atoms with Crippen molar-refractivity contribution < 1.29 is 14.3 Å². The Kier molecular flexibility index (Phi) is 6.55. The molecule has 27 heavy (non-hydrogen) atoms. The number of hydrogen-bond donors (Lipinski definition) is 1. The third-order valence-corrected chi connectivity index (χ3v) is 6.22. The zero-order chi connectivity index (χ0) is 19.4. The maximum Gasteiger partial charge on any atom is 0.341 e. The van der Waals surface area contributed by atoms with Crippen LogP contribution in [0.3, 0.4) is 0 Å². The number of hydrogen-bond acceptors (Lipinski definition) is 4. The Morgan fingerprint density at radius 2 is 2.04 bits per heavy atom. The first-order valence-corrected chi connectivity index (χ1v) is 10.5. The molecule has 2 aromatic rings. The highest BCUT2D eigenvalue weighted by Crippen LogP contribution is 2.40. The molecule has 1 N–H and O–H groups in total. The molecule has 1 atom stereocenters. The summed E-state index contributed by atoms with van der Waals surface area (Å²) in [6.45, 7) is 4.34. The van der Waals surface area contributed by atoms with Crippen LogP contribution in [0.4, 0.5) is 5.00 Å². The van der Waals surface area contributed by atoms with Gasteiger partial charge in [0.25, 0.3) is 0 Å². The second-order valence-electron chi connectivity index (χ2n) is 6.95. The van der Waals surface area contributed by atoms with E-state index in [-0.39, 0.29) is 11.9 Å². The molecule has 1 aromatic carbocycles. The number of carbonyl (C=O) groups excluding carboxylic acids is 2. The van der Waals surface area contributed by atoms with Crippen molar-refractivity contribution in [3.63, 3.8) is 0 Å². The van der Waals surface area contributed by atoms with Gasteiger partial charge in [0, 0.05) is 16.3 Å². The van der Waals surface area contributed by atoms with Gasteiger partial charge in [0.2, 0.25) is 5.91 Å². The van der Waals surface area contributed by atoms with Crippen molar-refractivity contribution in [1.29, 1.82) is 0 Å². The smallest absolute Gasteiger partial charge is 0.341 e. The van der Waals surface area contributed by atoms with E-state index >= 15 is 0 Å². The molecule has 1 aliphatic carbocycles. The second-order valence-corrected chi connectivity index (χ2v) is 8.49. The first-order valence-electron chi connectivity index (χ1n) is 9.33. The number of amides is 1. The summed E-state index contributed by atoms with van der Waals surface area (Å²) >= 11 is 7.41. The van der Waals surface area contributed by atoms with Gasteiger partial charge < -0.3 is 10.1 Å². The summed E-state index contributed by atoms with van der Waals surface area (Å²) in [7, 11) is 0. The van der Waals surface area contributed by atoms with Crippen LogP contribution in [0.15, 0.2) is 24.3 Å². The molecule has 0 saturated heterocycles. The number of carbonyl (C=O) groups is 2. The molecule has 0 radical (unpaired) electrons. The molecule has 0 saturated carbocycles. The molecule has 0 spiro atoms. The average molecular weight is 406 g/mol. The van der Waals surface area contributed by atoms with E-state index in [1.54, 1.807) is 6.92 Å². The van der Waals surface area contributed by atoms with E-state index in [1.807, 2.05) is 24.3 Å². The maximum absolute atomic E-state index is 12.5. The largest absolute Gasteiger partial charge is 0.462 e. The fourth-order valence-electron chi connectivity index (χ4n) is 3.36. The van der Waals surface area contributed by atoms with Crippen LogP contribution in [0.25, 0.3) is 0 Å². The molecular formula is C21H24ClNO3S. The molecule has 1 aliphatic rings. The lowest BCUT2D eigenvalue weighted by Crippen LogP contribution is -2.16. The lowest BCUT2D eigenvalue weighted by molar-refractivity contribution is -0.116. The van der Waals surface area contributed by atoms with Crippen molar-refractivity contribution in [2.45, 2.75) is 46.0 Å². The summed E-state index contributed by atoms with van der Waals surface area (Å²) in [6.07, 6.45) is 3.84. The molecule has 0 bridgehead atoms. The van der Waals surface area contributed by atoms with Crippen LogP contribution in [-0.4, -0.2) is 18.5 Å². The van der Waals surface area contributed by atoms with Crippen LogP contribution >= 0.6 is 22.9 Å². The summed E-state index contributed by atoms with van der Waals surface area (Å²) in [5.41, 5.74) is 2.67. The molecular weight excluding hydrogens is 382 g/mol. The predicted molar refractivity (Wildman–Crippen MR) is 110 cm³/mol. The van der Waals surface area contributed by atoms with Crippen molar-refractivity contribution >= 4 is 39.8 Å². The van der Waals surface area contributed by atoms with Crippen LogP contribution in [0.2, 0.25) is 5.02 Å². The number of nitrogens with one attached hydrogen (secondary N) is 1. The van der Waals surface area contributed by atoms with Crippen molar-refractivity contribution in [2.24, 2.45) is 5.92 Å². The van der Waals surface area contributed by atoms with Gasteiger partial charge in [-0.1, -0.05) is 30.7 Å². The molecule has 1 amide bonds. The number of benzene rings is 1. The minimum atomic E-state index is -0.336. The Hall–Kier alpha value is -1.85. The van der Waals surface area contributed by atoms with E-state index in [4.69, 9.17) is 16.3 Å². The van der Waals surface area contributed by atoms with Gasteiger partial charge in [0.1, 0.15) is 5.00 Å². The summed E-state index contributed by atoms with van der Waals surface area (Å²) in [5.74, 6) is 0.166. The van der Waals surface area contributed by atoms with Crippen molar-refractivity contribution in [3.8, 4) is 0 Å². The number of thiophene rings is 1. The Morgan fingerprint density at radius 1 is 1.30 bits per heavy atom. The van der Waals surface area contributed by atoms with E-state index in [2.05, 4.69) is 12.2 Å². The van der Waals surface area contributed by atoms with Crippen LogP contribution in [0.1, 0.15) is 53.1 Å². The van der Waals surface area contributed by atoms with Crippen molar-refractivity contribution in [3.05, 3.63) is 50.9 Å². The van der Waals surface area contributed by atoms with Gasteiger partial charge in [-0.2, -0.15) is 0 Å². The quantitative estimate of drug-likeness (QED) is 0.665. The topological polar surface area (TPSA) is 55.4 Å². The van der Waals surface area contributed by atoms with E-state index in [0.717, 1.165) is 30.4 Å². The number of aryl methyl sites for hydroxylation is 1. The minimum absolute atomic E-state index is 0.0952. The van der Waals surface area contributed by atoms with Crippen LogP contribution in [0, 0.1) is 5.92 Å². The van der Waals surface area contributed by atoms with Crippen LogP contribution in [-0.2, 0) is 28.8 Å². The third-order valence-electron chi connectivity index (χ3n) is 4.80. The van der Waals surface area contributed by atoms with Crippen molar-refractivity contribution in [2.75, 3.05) is 11.9 Å². The number of fused-ring (bicyclic) bond motifs is 1. The zero-order valence-electron chi connectivity index (χ0n) is 15.6. The number of esters is 1. The Morgan fingerprint density at radius 3 is 2.74 bits per heavy atom. The zero-order valence-corrected chi connectivity index (χ0v) is 17.2. The Balaban J connectivity index is 1.73. The number of anilines is 1. The molecule has 1 aromatic heterocycles. The predicted octanol–water partition coefficient (Wildman–Crippen LogP) is 5.27. The molecule has 0 fully saturated rings. The first-order chi connectivity index (χ1) is 13.0. The average Bonchev–Trinajstić information content (AvgIpc) is 2.98. The van der Waals surface area contributed by atoms with Crippen molar-refractivity contribution in [1.82, 2.24) is 0 Å². The van der Waals surface area contributed by atoms with E-state index in [0.29, 0.717) is 41.0 Å². The lowest BCUT2D eigenvalue weighted by atomic mass is 9.88. The maximum atomic E-state index is 12.5. The molecule has 1 heterocycles. The van der Waals surface area contributed by atoms with E-state index in [1.165, 1.54) is 16.2 Å². The fourth-order valence-corrected chi connectivity index (χ4v) is 4.90. The van der Waals surface area contributed by atoms with Gasteiger partial charge in [0.05, 0.1) is 12.2 Å². The summed E-state index contributed by atoms with van der Waals surface area (Å²) < 4.78 is 5.25. The standard InChI is InChI=1S/C21H24ClNO3S/c1-3-26-21(25)19-16-10-4-13(2)12-17(16)27-20(19)23-18(24)11-7-14-5-8-15(22)9-6-14/h5-6,8-9,13H,3-4,7,10-12H2,1-2H3,(H,23,24). The van der Waals surface area contributed by atoms with Crippen LogP contribution in [0.5, 0.6) is 0 Å². The minimum Gasteiger partial charge on any atom is -0.462 e. The number of rotatable bonds is 6. The summed E-state index contributed by atoms with van der Waals surface area (Å²) in [5, 5.41) is 4.27. The van der Waals surface area contributed by atoms with Crippen LogP contribution < -0.4 is 5.32 Å². The molecule has 6 heteroatoms. The van der Waals surface area contributed by atoms with Gasteiger partial charge in [-0.3, -0.25) is 4.79 Å². The third kappa shape index (κ3) is 4.90. The van der Waals surface area contributed by atoms with Gasteiger partial charge in [-0.05, 0) is 61.8 Å². The van der Waals surface area contributed by atoms with Gasteiger partial charge >= 0.3 is 5.97 Å². The summed E-state index contributed by atoms with van der Waals surface area (Å²) in [4.78, 5) is 26.2. The lowest BCUT2D eigenvalue weighted by Gasteiger charge is -2.18. The monoisotopic (exact) mass is 405 g/mol. The molecule has 144 valence electrons. The first kappa shape index (κ1) is 19.9. The molecule has 0 aliphatic heterocycles. The molecule has 1 unspecified atom stereocenters. The highest BCUT2D eigenvalue weighted by atomic mass is 35.5. The SMILES string of the molecule is CCOC(=O)c1c(NC(=O)CCc2ccc(Cl)cc2)sc2c1CCC(C)C2. The highest BCUT2D eigenvalue weighted by molar-refractivity contribution is 7.17. The Bertz CT molecular complexity index is 829. The normalized spacial score (nSPS) is 15.9. The highest BCUT2D eigenvalue weighted by Gasteiger charge is 2.29. The summed E-state index contributed by atoms with van der Waals surface area (Å²) in [6, 6.07) is 7.49. The van der Waals surface area contributed by atoms with E-state index in [9.17, 15) is 9.59 Å². The second kappa shape index (κ2) is 8.89.